The molecule has 0 radical (unpaired) electrons. The summed E-state index contributed by atoms with van der Waals surface area (Å²) in [5.41, 5.74) is 1.04. The Bertz CT molecular complexity index is 482. The first-order valence-corrected chi connectivity index (χ1v) is 6.43. The minimum Gasteiger partial charge on any atom is -0.164 e. The fourth-order valence-electron chi connectivity index (χ4n) is 1.10. The third-order valence-electron chi connectivity index (χ3n) is 1.85. The van der Waals surface area contributed by atoms with Gasteiger partial charge in [-0.2, -0.15) is 13.2 Å². The van der Waals surface area contributed by atoms with Gasteiger partial charge in [0.25, 0.3) is 0 Å². The zero-order chi connectivity index (χ0) is 12.3. The van der Waals surface area contributed by atoms with Crippen LogP contribution in [0.5, 0.6) is 0 Å². The smallest absolute Gasteiger partial charge is 0.164 e. The van der Waals surface area contributed by atoms with Crippen molar-refractivity contribution in [3.63, 3.8) is 0 Å². The largest absolute Gasteiger partial charge is 0.445 e. The molecule has 17 heavy (non-hydrogen) atoms. The molecule has 2 nitrogen and oxygen atoms in total. The van der Waals surface area contributed by atoms with Crippen LogP contribution in [0.1, 0.15) is 10.6 Å². The molecule has 0 amide bonds. The van der Waals surface area contributed by atoms with Crippen molar-refractivity contribution < 1.29 is 13.2 Å². The van der Waals surface area contributed by atoms with E-state index in [0.717, 1.165) is 5.56 Å². The van der Waals surface area contributed by atoms with E-state index in [1.807, 2.05) is 30.3 Å². The van der Waals surface area contributed by atoms with E-state index < -0.39 is 11.2 Å². The summed E-state index contributed by atoms with van der Waals surface area (Å²) in [6.45, 7) is 0. The van der Waals surface area contributed by atoms with Gasteiger partial charge in [0.1, 0.15) is 0 Å². The van der Waals surface area contributed by atoms with Gasteiger partial charge in [-0.05, 0) is 5.56 Å². The monoisotopic (exact) mass is 276 g/mol. The summed E-state index contributed by atoms with van der Waals surface area (Å²) in [7, 11) is 0. The molecule has 0 unspecified atom stereocenters. The molecule has 1 aromatic heterocycles. The normalized spacial score (nSPS) is 11.7. The predicted molar refractivity (Wildman–Crippen MR) is 60.9 cm³/mol. The van der Waals surface area contributed by atoms with Gasteiger partial charge in [0.15, 0.2) is 4.34 Å². The lowest BCUT2D eigenvalue weighted by molar-refractivity contribution is -0.138. The molecule has 0 aliphatic rings. The van der Waals surface area contributed by atoms with Crippen molar-refractivity contribution in [2.75, 3.05) is 0 Å². The number of aromatic nitrogens is 2. The minimum atomic E-state index is -4.40. The van der Waals surface area contributed by atoms with Gasteiger partial charge in [-0.15, -0.1) is 10.2 Å². The Morgan fingerprint density at radius 3 is 2.41 bits per heavy atom. The summed E-state index contributed by atoms with van der Waals surface area (Å²) in [4.78, 5) is 0. The van der Waals surface area contributed by atoms with Crippen molar-refractivity contribution >= 4 is 23.1 Å². The Kier molecular flexibility index (Phi) is 3.68. The summed E-state index contributed by atoms with van der Waals surface area (Å²) in [5.74, 6) is 0.591. The number of halogens is 3. The van der Waals surface area contributed by atoms with Crippen LogP contribution < -0.4 is 0 Å². The maximum absolute atomic E-state index is 12.3. The van der Waals surface area contributed by atoms with Crippen LogP contribution in [-0.4, -0.2) is 10.2 Å². The number of thioether (sulfide) groups is 1. The summed E-state index contributed by atoms with van der Waals surface area (Å²) in [5, 5.41) is 5.74. The zero-order valence-corrected chi connectivity index (χ0v) is 10.1. The fourth-order valence-corrected chi connectivity index (χ4v) is 2.78. The maximum atomic E-state index is 12.3. The Hall–Kier alpha value is -1.08. The molecule has 0 N–H and O–H groups in total. The van der Waals surface area contributed by atoms with Crippen LogP contribution in [0.25, 0.3) is 0 Å². The second-order valence-corrected chi connectivity index (χ2v) is 5.35. The molecule has 0 spiro atoms. The molecule has 0 saturated heterocycles. The molecule has 2 rings (SSSR count). The molecular weight excluding hydrogens is 269 g/mol. The van der Waals surface area contributed by atoms with Crippen LogP contribution in [0.2, 0.25) is 0 Å². The van der Waals surface area contributed by atoms with Crippen LogP contribution in [0.3, 0.4) is 0 Å². The molecule has 0 aliphatic heterocycles. The Morgan fingerprint density at radius 1 is 1.12 bits per heavy atom. The molecule has 0 atom stereocenters. The van der Waals surface area contributed by atoms with Gasteiger partial charge in [0.05, 0.1) is 0 Å². The number of hydrogen-bond acceptors (Lipinski definition) is 4. The van der Waals surface area contributed by atoms with Gasteiger partial charge in [-0.25, -0.2) is 0 Å². The van der Waals surface area contributed by atoms with Crippen molar-refractivity contribution in [3.05, 3.63) is 40.9 Å². The highest BCUT2D eigenvalue weighted by atomic mass is 32.2. The second-order valence-electron chi connectivity index (χ2n) is 3.15. The first-order valence-electron chi connectivity index (χ1n) is 4.63. The summed E-state index contributed by atoms with van der Waals surface area (Å²) >= 11 is 1.83. The van der Waals surface area contributed by atoms with E-state index in [9.17, 15) is 13.2 Å². The highest BCUT2D eigenvalue weighted by Crippen LogP contribution is 2.35. The van der Waals surface area contributed by atoms with E-state index in [2.05, 4.69) is 10.2 Å². The van der Waals surface area contributed by atoms with Crippen molar-refractivity contribution in [1.82, 2.24) is 10.2 Å². The van der Waals surface area contributed by atoms with Gasteiger partial charge < -0.3 is 0 Å². The highest BCUT2D eigenvalue weighted by Gasteiger charge is 2.35. The van der Waals surface area contributed by atoms with Crippen LogP contribution in [0, 0.1) is 0 Å². The molecular formula is C10H7F3N2S2. The summed E-state index contributed by atoms with van der Waals surface area (Å²) in [6, 6.07) is 9.49. The van der Waals surface area contributed by atoms with Crippen LogP contribution >= 0.6 is 23.1 Å². The minimum absolute atomic E-state index is 0.334. The lowest BCUT2D eigenvalue weighted by Crippen LogP contribution is -2.03. The van der Waals surface area contributed by atoms with Crippen LogP contribution in [0.4, 0.5) is 13.2 Å². The lowest BCUT2D eigenvalue weighted by atomic mass is 10.2. The van der Waals surface area contributed by atoms with E-state index >= 15 is 0 Å². The number of hydrogen-bond donors (Lipinski definition) is 0. The van der Waals surface area contributed by atoms with Crippen LogP contribution in [-0.2, 0) is 11.9 Å². The molecule has 2 aromatic rings. The topological polar surface area (TPSA) is 25.8 Å². The first kappa shape index (κ1) is 12.4. The Balaban J connectivity index is 1.99. The zero-order valence-electron chi connectivity index (χ0n) is 8.44. The van der Waals surface area contributed by atoms with E-state index in [0.29, 0.717) is 21.4 Å². The lowest BCUT2D eigenvalue weighted by Gasteiger charge is -1.98. The van der Waals surface area contributed by atoms with E-state index in [1.165, 1.54) is 11.8 Å². The Morgan fingerprint density at radius 2 is 1.82 bits per heavy atom. The SMILES string of the molecule is FC(F)(F)c1nnc(SCc2ccccc2)s1. The van der Waals surface area contributed by atoms with Crippen molar-refractivity contribution in [1.29, 1.82) is 0 Å². The van der Waals surface area contributed by atoms with Crippen LogP contribution in [0.15, 0.2) is 34.7 Å². The molecule has 0 saturated carbocycles. The molecule has 1 aromatic carbocycles. The predicted octanol–water partition coefficient (Wildman–Crippen LogP) is 3.85. The second kappa shape index (κ2) is 5.05. The average Bonchev–Trinajstić information content (AvgIpc) is 2.76. The standard InChI is InChI=1S/C10H7F3N2S2/c11-10(12,13)8-14-15-9(17-8)16-6-7-4-2-1-3-5-7/h1-5H,6H2. The summed E-state index contributed by atoms with van der Waals surface area (Å²) < 4.78 is 37.1. The third-order valence-corrected chi connectivity index (χ3v) is 4.03. The average molecular weight is 276 g/mol. The molecule has 90 valence electrons. The van der Waals surface area contributed by atoms with Gasteiger partial charge in [0.2, 0.25) is 5.01 Å². The quantitative estimate of drug-likeness (QED) is 0.796. The van der Waals surface area contributed by atoms with Crippen molar-refractivity contribution in [2.45, 2.75) is 16.3 Å². The molecule has 7 heteroatoms. The number of benzene rings is 1. The van der Waals surface area contributed by atoms with E-state index in [4.69, 9.17) is 0 Å². The number of rotatable bonds is 3. The molecule has 0 bridgehead atoms. The van der Waals surface area contributed by atoms with Crippen molar-refractivity contribution in [3.8, 4) is 0 Å². The molecule has 1 heterocycles. The van der Waals surface area contributed by atoms with Gasteiger partial charge in [0, 0.05) is 5.75 Å². The van der Waals surface area contributed by atoms with E-state index in [1.54, 1.807) is 0 Å². The fraction of sp³-hybridized carbons (Fsp3) is 0.200. The maximum Gasteiger partial charge on any atom is 0.445 e. The molecule has 0 aliphatic carbocycles. The van der Waals surface area contributed by atoms with Gasteiger partial charge in [-0.1, -0.05) is 53.4 Å². The number of alkyl halides is 3. The Labute approximate surface area is 104 Å². The van der Waals surface area contributed by atoms with Gasteiger partial charge >= 0.3 is 6.18 Å². The first-order chi connectivity index (χ1) is 8.05. The van der Waals surface area contributed by atoms with Gasteiger partial charge in [-0.3, -0.25) is 0 Å². The number of nitrogens with zero attached hydrogens (tertiary/aromatic N) is 2. The third kappa shape index (κ3) is 3.44. The van der Waals surface area contributed by atoms with E-state index in [-0.39, 0.29) is 0 Å². The molecule has 0 fully saturated rings. The van der Waals surface area contributed by atoms with Crippen molar-refractivity contribution in [2.24, 2.45) is 0 Å². The summed E-state index contributed by atoms with van der Waals surface area (Å²) in [6.07, 6.45) is -4.40. The highest BCUT2D eigenvalue weighted by molar-refractivity contribution is 8.00.